The number of aryl methyl sites for hydroxylation is 1. The first-order valence-corrected chi connectivity index (χ1v) is 16.1. The summed E-state index contributed by atoms with van der Waals surface area (Å²) in [5.74, 6) is 0. The Kier molecular flexibility index (Phi) is 6.48. The zero-order valence-electron chi connectivity index (χ0n) is 26.8. The molecule has 1 spiro atoms. The highest BCUT2D eigenvalue weighted by molar-refractivity contribution is 6.08. The van der Waals surface area contributed by atoms with Gasteiger partial charge in [0.25, 0.3) is 0 Å². The fraction of sp³-hybridized carbons (Fsp3) is 0.111. The Morgan fingerprint density at radius 2 is 1.30 bits per heavy atom. The molecule has 1 atom stereocenters. The molecule has 0 saturated heterocycles. The van der Waals surface area contributed by atoms with Crippen LogP contribution in [-0.2, 0) is 5.41 Å². The van der Waals surface area contributed by atoms with E-state index in [1.807, 2.05) is 0 Å². The first kappa shape index (κ1) is 28.1. The Morgan fingerprint density at radius 3 is 2.04 bits per heavy atom. The van der Waals surface area contributed by atoms with Crippen LogP contribution in [0, 0.1) is 6.92 Å². The zero-order chi connectivity index (χ0) is 31.6. The molecule has 2 aliphatic carbocycles. The van der Waals surface area contributed by atoms with E-state index < -0.39 is 5.41 Å². The Balaban J connectivity index is 1.27. The molecule has 0 aliphatic heterocycles. The van der Waals surface area contributed by atoms with Crippen LogP contribution in [0.5, 0.6) is 0 Å². The van der Waals surface area contributed by atoms with Gasteiger partial charge in [-0.05, 0) is 124 Å². The molecule has 8 rings (SSSR count). The molecule has 0 fully saturated rings. The van der Waals surface area contributed by atoms with Crippen LogP contribution in [0.1, 0.15) is 48.6 Å². The van der Waals surface area contributed by atoms with Crippen molar-refractivity contribution in [3.05, 3.63) is 179 Å². The highest BCUT2D eigenvalue weighted by Crippen LogP contribution is 2.61. The van der Waals surface area contributed by atoms with Crippen molar-refractivity contribution in [2.45, 2.75) is 33.1 Å². The van der Waals surface area contributed by atoms with Crippen molar-refractivity contribution in [3.63, 3.8) is 0 Å². The van der Waals surface area contributed by atoms with Gasteiger partial charge >= 0.3 is 0 Å². The lowest BCUT2D eigenvalue weighted by Gasteiger charge is -2.33. The molecular formula is C45H36O. The highest BCUT2D eigenvalue weighted by Gasteiger charge is 2.51. The SMILES string of the molecule is C=CC1=C(/C=C\C)c2ccc(-c3ccc(-c4ccc5oc6cccc(C)c6c5c4)cc3)cc2C12C(/C=C\C)=C(C)c1ccccc12. The third-order valence-electron chi connectivity index (χ3n) is 10.1. The Labute approximate surface area is 271 Å². The van der Waals surface area contributed by atoms with Crippen LogP contribution in [-0.4, -0.2) is 0 Å². The summed E-state index contributed by atoms with van der Waals surface area (Å²) < 4.78 is 6.15. The lowest BCUT2D eigenvalue weighted by molar-refractivity contribution is 0.669. The third-order valence-corrected chi connectivity index (χ3v) is 10.1. The summed E-state index contributed by atoms with van der Waals surface area (Å²) in [5.41, 5.74) is 17.9. The van der Waals surface area contributed by atoms with E-state index in [2.05, 4.69) is 168 Å². The summed E-state index contributed by atoms with van der Waals surface area (Å²) in [4.78, 5) is 0. The molecule has 1 heteroatoms. The van der Waals surface area contributed by atoms with Gasteiger partial charge < -0.3 is 4.42 Å². The van der Waals surface area contributed by atoms with Crippen molar-refractivity contribution in [1.82, 2.24) is 0 Å². The minimum Gasteiger partial charge on any atom is -0.456 e. The first-order chi connectivity index (χ1) is 22.5. The summed E-state index contributed by atoms with van der Waals surface area (Å²) in [5, 5.41) is 2.36. The van der Waals surface area contributed by atoms with E-state index in [0.717, 1.165) is 16.6 Å². The van der Waals surface area contributed by atoms with Crippen molar-refractivity contribution in [3.8, 4) is 22.3 Å². The van der Waals surface area contributed by atoms with Gasteiger partial charge in [0.15, 0.2) is 0 Å². The van der Waals surface area contributed by atoms with E-state index >= 15 is 0 Å². The van der Waals surface area contributed by atoms with Gasteiger partial charge in [-0.2, -0.15) is 0 Å². The average molecular weight is 593 g/mol. The molecule has 222 valence electrons. The molecule has 1 heterocycles. The minimum absolute atomic E-state index is 0.407. The van der Waals surface area contributed by atoms with Crippen LogP contribution in [0.15, 0.2) is 156 Å². The van der Waals surface area contributed by atoms with Gasteiger partial charge in [0, 0.05) is 10.8 Å². The van der Waals surface area contributed by atoms with E-state index in [9.17, 15) is 0 Å². The number of furan rings is 1. The second-order valence-corrected chi connectivity index (χ2v) is 12.5. The molecule has 0 saturated carbocycles. The summed E-state index contributed by atoms with van der Waals surface area (Å²) in [6.45, 7) is 13.0. The lowest BCUT2D eigenvalue weighted by atomic mass is 9.68. The molecule has 0 radical (unpaired) electrons. The molecule has 0 bridgehead atoms. The number of rotatable bonds is 5. The summed E-state index contributed by atoms with van der Waals surface area (Å²) in [6.07, 6.45) is 11.0. The predicted molar refractivity (Wildman–Crippen MR) is 196 cm³/mol. The van der Waals surface area contributed by atoms with E-state index in [0.29, 0.717) is 0 Å². The van der Waals surface area contributed by atoms with Gasteiger partial charge in [0.2, 0.25) is 0 Å². The third kappa shape index (κ3) is 3.82. The topological polar surface area (TPSA) is 13.1 Å². The van der Waals surface area contributed by atoms with E-state index in [-0.39, 0.29) is 0 Å². The van der Waals surface area contributed by atoms with Gasteiger partial charge in [-0.15, -0.1) is 0 Å². The van der Waals surface area contributed by atoms with Crippen LogP contribution in [0.4, 0.5) is 0 Å². The summed E-state index contributed by atoms with van der Waals surface area (Å²) in [6, 6.07) is 37.7. The summed E-state index contributed by atoms with van der Waals surface area (Å²) in [7, 11) is 0. The van der Waals surface area contributed by atoms with E-state index in [1.165, 1.54) is 77.7 Å². The Morgan fingerprint density at radius 1 is 0.609 bits per heavy atom. The molecule has 46 heavy (non-hydrogen) atoms. The standard InChI is InChI=1S/C45H36O/c1-6-12-35-36-24-22-33(27-41(36)45(38(35)8-3)39(13-7-2)29(5)34-15-9-10-16-40(34)45)31-20-18-30(19-21-31)32-23-25-42-37(26-32)44-28(4)14-11-17-43(44)46-42/h6-27H,3H2,1-2,4-5H3/b12-6-,13-7-. The second-order valence-electron chi connectivity index (χ2n) is 12.5. The summed E-state index contributed by atoms with van der Waals surface area (Å²) >= 11 is 0. The van der Waals surface area contributed by atoms with Crippen molar-refractivity contribution >= 4 is 33.1 Å². The second kappa shape index (κ2) is 10.6. The fourth-order valence-corrected chi connectivity index (χ4v) is 8.11. The van der Waals surface area contributed by atoms with Gasteiger partial charge in [-0.1, -0.05) is 116 Å². The van der Waals surface area contributed by atoms with Crippen molar-refractivity contribution < 1.29 is 4.42 Å². The number of hydrogen-bond acceptors (Lipinski definition) is 1. The molecule has 0 amide bonds. The quantitative estimate of drug-likeness (QED) is 0.194. The molecule has 0 N–H and O–H groups in total. The van der Waals surface area contributed by atoms with Crippen LogP contribution >= 0.6 is 0 Å². The number of allylic oxidation sites excluding steroid dienone is 9. The maximum Gasteiger partial charge on any atom is 0.135 e. The van der Waals surface area contributed by atoms with Gasteiger partial charge in [0.1, 0.15) is 11.2 Å². The molecule has 1 aromatic heterocycles. The number of fused-ring (bicyclic) bond motifs is 7. The maximum absolute atomic E-state index is 6.15. The first-order valence-electron chi connectivity index (χ1n) is 16.1. The van der Waals surface area contributed by atoms with Gasteiger partial charge in [-0.25, -0.2) is 0 Å². The fourth-order valence-electron chi connectivity index (χ4n) is 8.11. The van der Waals surface area contributed by atoms with Crippen molar-refractivity contribution in [2.75, 3.05) is 0 Å². The van der Waals surface area contributed by atoms with Gasteiger partial charge in [-0.3, -0.25) is 0 Å². The monoisotopic (exact) mass is 592 g/mol. The van der Waals surface area contributed by atoms with Crippen LogP contribution in [0.2, 0.25) is 0 Å². The van der Waals surface area contributed by atoms with Gasteiger partial charge in [0.05, 0.1) is 5.41 Å². The average Bonchev–Trinajstić information content (AvgIpc) is 3.68. The molecule has 5 aromatic carbocycles. The smallest absolute Gasteiger partial charge is 0.135 e. The van der Waals surface area contributed by atoms with Crippen molar-refractivity contribution in [1.29, 1.82) is 0 Å². The molecule has 2 aliphatic rings. The molecular weight excluding hydrogens is 556 g/mol. The van der Waals surface area contributed by atoms with Crippen LogP contribution in [0.25, 0.3) is 55.3 Å². The van der Waals surface area contributed by atoms with E-state index in [1.54, 1.807) is 0 Å². The number of benzene rings is 5. The Bertz CT molecular complexity index is 2350. The molecule has 6 aromatic rings. The Hall–Kier alpha value is -5.40. The normalized spacial score (nSPS) is 17.4. The minimum atomic E-state index is -0.407. The van der Waals surface area contributed by atoms with Crippen LogP contribution < -0.4 is 0 Å². The molecule has 1 nitrogen and oxygen atoms in total. The highest BCUT2D eigenvalue weighted by atomic mass is 16.3. The predicted octanol–water partition coefficient (Wildman–Crippen LogP) is 12.4. The largest absolute Gasteiger partial charge is 0.456 e. The lowest BCUT2D eigenvalue weighted by Crippen LogP contribution is -2.27. The van der Waals surface area contributed by atoms with Crippen molar-refractivity contribution in [2.24, 2.45) is 0 Å². The maximum atomic E-state index is 6.15. The van der Waals surface area contributed by atoms with Crippen LogP contribution in [0.3, 0.4) is 0 Å². The zero-order valence-corrected chi connectivity index (χ0v) is 26.8. The molecule has 1 unspecified atom stereocenters. The number of hydrogen-bond donors (Lipinski definition) is 0. The van der Waals surface area contributed by atoms with E-state index in [4.69, 9.17) is 4.42 Å².